The summed E-state index contributed by atoms with van der Waals surface area (Å²) in [5, 5.41) is 9.62. The molecule has 7 heteroatoms. The number of hydrogen-bond donors (Lipinski definition) is 1. The van der Waals surface area contributed by atoms with Crippen LogP contribution in [0.4, 0.5) is 9.57 Å². The van der Waals surface area contributed by atoms with E-state index < -0.39 is 21.9 Å². The zero-order valence-electron chi connectivity index (χ0n) is 9.41. The zero-order chi connectivity index (χ0) is 13.3. The SMILES string of the molecule is O=C1CC(CS(=O)(=O)F)CN1c1ccccc1O. The monoisotopic (exact) mass is 273 g/mol. The van der Waals surface area contributed by atoms with Crippen LogP contribution >= 0.6 is 0 Å². The normalized spacial score (nSPS) is 20.4. The molecule has 1 heterocycles. The minimum atomic E-state index is -4.59. The first kappa shape index (κ1) is 12.8. The molecule has 1 N–H and O–H groups in total. The van der Waals surface area contributed by atoms with Crippen LogP contribution < -0.4 is 4.90 Å². The smallest absolute Gasteiger partial charge is 0.302 e. The molecule has 0 radical (unpaired) electrons. The molecule has 2 rings (SSSR count). The quantitative estimate of drug-likeness (QED) is 0.835. The van der Waals surface area contributed by atoms with Crippen LogP contribution in [0.2, 0.25) is 0 Å². The highest BCUT2D eigenvalue weighted by atomic mass is 32.3. The number of benzene rings is 1. The Labute approximate surface area is 104 Å². The van der Waals surface area contributed by atoms with Gasteiger partial charge in [0.1, 0.15) is 5.75 Å². The molecule has 98 valence electrons. The van der Waals surface area contributed by atoms with E-state index in [0.29, 0.717) is 5.69 Å². The van der Waals surface area contributed by atoms with E-state index >= 15 is 0 Å². The first-order chi connectivity index (χ1) is 8.37. The van der Waals surface area contributed by atoms with Crippen molar-refractivity contribution in [2.24, 2.45) is 5.92 Å². The number of nitrogens with zero attached hydrogens (tertiary/aromatic N) is 1. The molecule has 1 aromatic rings. The lowest BCUT2D eigenvalue weighted by atomic mass is 10.1. The fraction of sp³-hybridized carbons (Fsp3) is 0.364. The van der Waals surface area contributed by atoms with Gasteiger partial charge in [0, 0.05) is 18.9 Å². The van der Waals surface area contributed by atoms with Gasteiger partial charge in [-0.1, -0.05) is 12.1 Å². The molecule has 0 saturated carbocycles. The molecule has 1 aliphatic rings. The molecule has 0 aromatic heterocycles. The summed E-state index contributed by atoms with van der Waals surface area (Å²) in [4.78, 5) is 13.0. The van der Waals surface area contributed by atoms with Gasteiger partial charge in [-0.2, -0.15) is 8.42 Å². The first-order valence-electron chi connectivity index (χ1n) is 5.37. The predicted molar refractivity (Wildman–Crippen MR) is 63.5 cm³/mol. The summed E-state index contributed by atoms with van der Waals surface area (Å²) in [6.45, 7) is 0.0968. The summed E-state index contributed by atoms with van der Waals surface area (Å²) < 4.78 is 33.7. The molecule has 1 aromatic carbocycles. The molecule has 1 aliphatic heterocycles. The second kappa shape index (κ2) is 4.56. The molecule has 1 atom stereocenters. The van der Waals surface area contributed by atoms with Crippen molar-refractivity contribution in [2.75, 3.05) is 17.2 Å². The molecule has 5 nitrogen and oxygen atoms in total. The van der Waals surface area contributed by atoms with Gasteiger partial charge in [0.15, 0.2) is 0 Å². The summed E-state index contributed by atoms with van der Waals surface area (Å²) in [5.41, 5.74) is 0.321. The number of rotatable bonds is 3. The van der Waals surface area contributed by atoms with E-state index in [-0.39, 0.29) is 24.6 Å². The molecular weight excluding hydrogens is 261 g/mol. The summed E-state index contributed by atoms with van der Waals surface area (Å²) in [7, 11) is -4.59. The lowest BCUT2D eigenvalue weighted by Crippen LogP contribution is -2.25. The summed E-state index contributed by atoms with van der Waals surface area (Å²) in [5.74, 6) is -1.62. The number of anilines is 1. The number of hydrogen-bond acceptors (Lipinski definition) is 4. The number of amides is 1. The Morgan fingerprint density at radius 2 is 2.06 bits per heavy atom. The highest BCUT2D eigenvalue weighted by Gasteiger charge is 2.34. The average molecular weight is 273 g/mol. The van der Waals surface area contributed by atoms with Crippen molar-refractivity contribution in [3.63, 3.8) is 0 Å². The fourth-order valence-corrected chi connectivity index (χ4v) is 2.89. The van der Waals surface area contributed by atoms with Crippen molar-refractivity contribution < 1.29 is 22.2 Å². The van der Waals surface area contributed by atoms with Crippen molar-refractivity contribution in [3.8, 4) is 5.75 Å². The minimum Gasteiger partial charge on any atom is -0.506 e. The van der Waals surface area contributed by atoms with Gasteiger partial charge in [-0.15, -0.1) is 3.89 Å². The molecule has 18 heavy (non-hydrogen) atoms. The van der Waals surface area contributed by atoms with E-state index in [1.807, 2.05) is 0 Å². The van der Waals surface area contributed by atoms with Gasteiger partial charge >= 0.3 is 10.2 Å². The standard InChI is InChI=1S/C11H12FNO4S/c12-18(16,17)7-8-5-11(15)13(6-8)9-3-1-2-4-10(9)14/h1-4,8,14H,5-7H2. The van der Waals surface area contributed by atoms with E-state index in [4.69, 9.17) is 0 Å². The highest BCUT2D eigenvalue weighted by Crippen LogP contribution is 2.32. The third-order valence-corrected chi connectivity index (χ3v) is 3.68. The van der Waals surface area contributed by atoms with E-state index in [0.717, 1.165) is 0 Å². The third kappa shape index (κ3) is 2.79. The van der Waals surface area contributed by atoms with Crippen molar-refractivity contribution >= 4 is 21.8 Å². The van der Waals surface area contributed by atoms with E-state index in [1.165, 1.54) is 11.0 Å². The Morgan fingerprint density at radius 3 is 2.67 bits per heavy atom. The lowest BCUT2D eigenvalue weighted by Gasteiger charge is -2.17. The van der Waals surface area contributed by atoms with Gasteiger partial charge in [-0.05, 0) is 12.1 Å². The van der Waals surface area contributed by atoms with Gasteiger partial charge in [0.25, 0.3) is 0 Å². The van der Waals surface area contributed by atoms with Gasteiger partial charge in [0.2, 0.25) is 5.91 Å². The van der Waals surface area contributed by atoms with Crippen molar-refractivity contribution in [3.05, 3.63) is 24.3 Å². The van der Waals surface area contributed by atoms with Gasteiger partial charge in [-0.3, -0.25) is 4.79 Å². The Balaban J connectivity index is 2.18. The number of phenols is 1. The Kier molecular flexibility index (Phi) is 3.25. The van der Waals surface area contributed by atoms with Gasteiger partial charge in [-0.25, -0.2) is 0 Å². The molecule has 1 amide bonds. The highest BCUT2D eigenvalue weighted by molar-refractivity contribution is 7.86. The summed E-state index contributed by atoms with van der Waals surface area (Å²) in [6, 6.07) is 6.26. The minimum absolute atomic E-state index is 0.0303. The fourth-order valence-electron chi connectivity index (χ4n) is 2.10. The largest absolute Gasteiger partial charge is 0.506 e. The zero-order valence-corrected chi connectivity index (χ0v) is 10.2. The molecule has 1 saturated heterocycles. The predicted octanol–water partition coefficient (Wildman–Crippen LogP) is 1.04. The van der Waals surface area contributed by atoms with E-state index in [9.17, 15) is 22.2 Å². The number of para-hydroxylation sites is 2. The number of halogens is 1. The van der Waals surface area contributed by atoms with Crippen LogP contribution in [0, 0.1) is 5.92 Å². The number of carbonyl (C=O) groups excluding carboxylic acids is 1. The third-order valence-electron chi connectivity index (χ3n) is 2.81. The molecule has 1 unspecified atom stereocenters. The van der Waals surface area contributed by atoms with E-state index in [2.05, 4.69) is 0 Å². The van der Waals surface area contributed by atoms with Crippen LogP contribution in [0.1, 0.15) is 6.42 Å². The van der Waals surface area contributed by atoms with Crippen LogP contribution in [0.3, 0.4) is 0 Å². The Morgan fingerprint density at radius 1 is 1.39 bits per heavy atom. The summed E-state index contributed by atoms with van der Waals surface area (Å²) in [6.07, 6.45) is -0.0303. The van der Waals surface area contributed by atoms with Gasteiger partial charge < -0.3 is 10.0 Å². The first-order valence-corrected chi connectivity index (χ1v) is 6.93. The molecular formula is C11H12FNO4S. The van der Waals surface area contributed by atoms with Crippen LogP contribution in [0.5, 0.6) is 5.75 Å². The summed E-state index contributed by atoms with van der Waals surface area (Å²) >= 11 is 0. The maximum Gasteiger partial charge on any atom is 0.302 e. The van der Waals surface area contributed by atoms with Crippen LogP contribution in [0.25, 0.3) is 0 Å². The Bertz CT molecular complexity index is 572. The van der Waals surface area contributed by atoms with Gasteiger partial charge in [0.05, 0.1) is 11.4 Å². The second-order valence-corrected chi connectivity index (χ2v) is 5.68. The van der Waals surface area contributed by atoms with E-state index in [1.54, 1.807) is 18.2 Å². The van der Waals surface area contributed by atoms with Crippen LogP contribution in [-0.4, -0.2) is 31.7 Å². The van der Waals surface area contributed by atoms with Crippen molar-refractivity contribution in [2.45, 2.75) is 6.42 Å². The average Bonchev–Trinajstić information content (AvgIpc) is 2.57. The number of aromatic hydroxyl groups is 1. The number of carbonyl (C=O) groups is 1. The second-order valence-electron chi connectivity index (χ2n) is 4.27. The lowest BCUT2D eigenvalue weighted by molar-refractivity contribution is -0.117. The Hall–Kier alpha value is -1.63. The molecule has 0 spiro atoms. The van der Waals surface area contributed by atoms with Crippen LogP contribution in [-0.2, 0) is 15.0 Å². The topological polar surface area (TPSA) is 74.7 Å². The number of phenolic OH excluding ortho intramolecular Hbond substituents is 1. The maximum absolute atomic E-state index is 12.6. The molecule has 0 bridgehead atoms. The molecule has 1 fully saturated rings. The van der Waals surface area contributed by atoms with Crippen molar-refractivity contribution in [1.29, 1.82) is 0 Å². The maximum atomic E-state index is 12.6. The molecule has 0 aliphatic carbocycles. The van der Waals surface area contributed by atoms with Crippen LogP contribution in [0.15, 0.2) is 24.3 Å². The van der Waals surface area contributed by atoms with Crippen molar-refractivity contribution in [1.82, 2.24) is 0 Å².